The van der Waals surface area contributed by atoms with Crippen LogP contribution in [0.25, 0.3) is 0 Å². The Morgan fingerprint density at radius 1 is 1.28 bits per heavy atom. The van der Waals surface area contributed by atoms with Crippen LogP contribution in [-0.2, 0) is 16.0 Å². The smallest absolute Gasteiger partial charge is 0.333 e. The number of benzene rings is 1. The van der Waals surface area contributed by atoms with Gasteiger partial charge in [-0.1, -0.05) is 12.6 Å². The Hall–Kier alpha value is -2.70. The van der Waals surface area contributed by atoms with Crippen LogP contribution < -0.4 is 0 Å². The lowest BCUT2D eigenvalue weighted by atomic mass is 10.0. The number of amides is 1. The summed E-state index contributed by atoms with van der Waals surface area (Å²) in [5.74, 6) is -0.774. The number of carbonyl (C=O) groups excluding carboxylic acids is 2. The molecular formula is C18H22N2O5. The van der Waals surface area contributed by atoms with Gasteiger partial charge in [-0.15, -0.1) is 0 Å². The second kappa shape index (κ2) is 8.41. The third kappa shape index (κ3) is 4.65. The Labute approximate surface area is 146 Å². The van der Waals surface area contributed by atoms with Gasteiger partial charge in [-0.25, -0.2) is 4.79 Å². The number of hydrogen-bond donors (Lipinski definition) is 0. The molecule has 0 atom stereocenters. The Kier molecular flexibility index (Phi) is 6.27. The molecule has 1 fully saturated rings. The van der Waals surface area contributed by atoms with E-state index in [0.29, 0.717) is 24.2 Å². The predicted molar refractivity (Wildman–Crippen MR) is 92.3 cm³/mol. The van der Waals surface area contributed by atoms with Crippen LogP contribution in [0, 0.1) is 10.1 Å². The number of nitro benzene ring substituents is 1. The summed E-state index contributed by atoms with van der Waals surface area (Å²) in [6.07, 6.45) is 3.00. The minimum Gasteiger partial charge on any atom is -0.463 e. The molecule has 25 heavy (non-hydrogen) atoms. The molecule has 7 nitrogen and oxygen atoms in total. The summed E-state index contributed by atoms with van der Waals surface area (Å²) in [5.41, 5.74) is 0.575. The quantitative estimate of drug-likeness (QED) is 0.342. The molecule has 0 radical (unpaired) electrons. The van der Waals surface area contributed by atoms with Gasteiger partial charge in [0.2, 0.25) is 0 Å². The highest BCUT2D eigenvalue weighted by Crippen LogP contribution is 2.24. The Balaban J connectivity index is 2.22. The van der Waals surface area contributed by atoms with Crippen LogP contribution in [0.4, 0.5) is 5.69 Å². The van der Waals surface area contributed by atoms with Gasteiger partial charge in [0.1, 0.15) is 0 Å². The van der Waals surface area contributed by atoms with Crippen LogP contribution in [0.2, 0.25) is 0 Å². The third-order valence-corrected chi connectivity index (χ3v) is 4.14. The molecule has 1 heterocycles. The first-order chi connectivity index (χ1) is 11.9. The number of esters is 1. The van der Waals surface area contributed by atoms with E-state index in [9.17, 15) is 19.7 Å². The molecule has 0 bridgehead atoms. The SMILES string of the molecule is C=C(Cc1ccc(C(=O)N2CCCCC2)cc1[N+](=O)[O-])C(=O)OCC. The lowest BCUT2D eigenvalue weighted by Crippen LogP contribution is -2.35. The highest BCUT2D eigenvalue weighted by molar-refractivity contribution is 5.95. The minimum absolute atomic E-state index is 0.00727. The average molecular weight is 346 g/mol. The van der Waals surface area contributed by atoms with Crippen molar-refractivity contribution in [2.45, 2.75) is 32.6 Å². The topological polar surface area (TPSA) is 89.8 Å². The zero-order valence-electron chi connectivity index (χ0n) is 14.3. The van der Waals surface area contributed by atoms with Crippen LogP contribution in [0.1, 0.15) is 42.1 Å². The molecule has 0 N–H and O–H groups in total. The van der Waals surface area contributed by atoms with Gasteiger partial charge < -0.3 is 9.64 Å². The molecule has 134 valence electrons. The van der Waals surface area contributed by atoms with Gasteiger partial charge in [-0.3, -0.25) is 14.9 Å². The van der Waals surface area contributed by atoms with E-state index < -0.39 is 10.9 Å². The number of ether oxygens (including phenoxy) is 1. The van der Waals surface area contributed by atoms with Crippen molar-refractivity contribution in [2.24, 2.45) is 0 Å². The van der Waals surface area contributed by atoms with E-state index in [2.05, 4.69) is 6.58 Å². The van der Waals surface area contributed by atoms with Gasteiger partial charge in [0.05, 0.1) is 11.5 Å². The van der Waals surface area contributed by atoms with Crippen LogP contribution in [0.15, 0.2) is 30.4 Å². The van der Waals surface area contributed by atoms with E-state index in [4.69, 9.17) is 4.74 Å². The summed E-state index contributed by atoms with van der Waals surface area (Å²) in [6.45, 7) is 6.86. The number of nitrogens with zero attached hydrogens (tertiary/aromatic N) is 2. The molecule has 1 aliphatic rings. The van der Waals surface area contributed by atoms with Crippen molar-refractivity contribution in [1.29, 1.82) is 0 Å². The largest absolute Gasteiger partial charge is 0.463 e. The molecular weight excluding hydrogens is 324 g/mol. The van der Waals surface area contributed by atoms with E-state index in [1.54, 1.807) is 17.9 Å². The summed E-state index contributed by atoms with van der Waals surface area (Å²) in [4.78, 5) is 36.7. The lowest BCUT2D eigenvalue weighted by Gasteiger charge is -2.26. The predicted octanol–water partition coefficient (Wildman–Crippen LogP) is 2.88. The molecule has 0 unspecified atom stereocenters. The summed E-state index contributed by atoms with van der Waals surface area (Å²) < 4.78 is 4.85. The number of hydrogen-bond acceptors (Lipinski definition) is 5. The zero-order valence-corrected chi connectivity index (χ0v) is 14.3. The van der Waals surface area contributed by atoms with Crippen LogP contribution in [-0.4, -0.2) is 41.4 Å². The third-order valence-electron chi connectivity index (χ3n) is 4.14. The van der Waals surface area contributed by atoms with Gasteiger partial charge in [-0.05, 0) is 32.3 Å². The molecule has 1 aromatic rings. The van der Waals surface area contributed by atoms with Crippen molar-refractivity contribution >= 4 is 17.6 Å². The molecule has 1 aliphatic heterocycles. The first kappa shape index (κ1) is 18.6. The van der Waals surface area contributed by atoms with Crippen molar-refractivity contribution in [1.82, 2.24) is 4.90 Å². The molecule has 2 rings (SSSR count). The van der Waals surface area contributed by atoms with Crippen molar-refractivity contribution in [3.8, 4) is 0 Å². The van der Waals surface area contributed by atoms with Crippen molar-refractivity contribution in [3.05, 3.63) is 51.6 Å². The first-order valence-electron chi connectivity index (χ1n) is 8.35. The number of rotatable bonds is 6. The van der Waals surface area contributed by atoms with Gasteiger partial charge in [0, 0.05) is 42.3 Å². The molecule has 7 heteroatoms. The first-order valence-corrected chi connectivity index (χ1v) is 8.35. The normalized spacial score (nSPS) is 14.0. The number of carbonyl (C=O) groups is 2. The monoisotopic (exact) mass is 346 g/mol. The van der Waals surface area contributed by atoms with Gasteiger partial charge in [0.15, 0.2) is 0 Å². The summed E-state index contributed by atoms with van der Waals surface area (Å²) in [7, 11) is 0. The fraction of sp³-hybridized carbons (Fsp3) is 0.444. The standard InChI is InChI=1S/C18H22N2O5/c1-3-25-18(22)13(2)11-14-7-8-15(12-16(14)20(23)24)17(21)19-9-5-4-6-10-19/h7-8,12H,2-6,9-11H2,1H3. The summed E-state index contributed by atoms with van der Waals surface area (Å²) in [6, 6.07) is 4.36. The van der Waals surface area contributed by atoms with E-state index >= 15 is 0 Å². The highest BCUT2D eigenvalue weighted by Gasteiger charge is 2.23. The van der Waals surface area contributed by atoms with E-state index in [-0.39, 0.29) is 30.2 Å². The molecule has 0 aromatic heterocycles. The summed E-state index contributed by atoms with van der Waals surface area (Å²) in [5, 5.41) is 11.4. The number of likely N-dealkylation sites (tertiary alicyclic amines) is 1. The van der Waals surface area contributed by atoms with Gasteiger partial charge in [-0.2, -0.15) is 0 Å². The van der Waals surface area contributed by atoms with Crippen LogP contribution >= 0.6 is 0 Å². The van der Waals surface area contributed by atoms with Gasteiger partial charge in [0.25, 0.3) is 11.6 Å². The van der Waals surface area contributed by atoms with E-state index in [1.165, 1.54) is 12.1 Å². The Bertz CT molecular complexity index is 693. The molecule has 1 aromatic carbocycles. The zero-order chi connectivity index (χ0) is 18.4. The van der Waals surface area contributed by atoms with Crippen LogP contribution in [0.5, 0.6) is 0 Å². The molecule has 0 aliphatic carbocycles. The molecule has 1 amide bonds. The van der Waals surface area contributed by atoms with E-state index in [1.807, 2.05) is 0 Å². The van der Waals surface area contributed by atoms with Crippen molar-refractivity contribution < 1.29 is 19.2 Å². The molecule has 1 saturated heterocycles. The highest BCUT2D eigenvalue weighted by atomic mass is 16.6. The fourth-order valence-electron chi connectivity index (χ4n) is 2.83. The Morgan fingerprint density at radius 2 is 1.96 bits per heavy atom. The van der Waals surface area contributed by atoms with Crippen molar-refractivity contribution in [3.63, 3.8) is 0 Å². The number of nitro groups is 1. The maximum Gasteiger partial charge on any atom is 0.333 e. The number of piperidine rings is 1. The fourth-order valence-corrected chi connectivity index (χ4v) is 2.83. The van der Waals surface area contributed by atoms with Crippen molar-refractivity contribution in [2.75, 3.05) is 19.7 Å². The van der Waals surface area contributed by atoms with Gasteiger partial charge >= 0.3 is 5.97 Å². The van der Waals surface area contributed by atoms with E-state index in [0.717, 1.165) is 19.3 Å². The second-order valence-corrected chi connectivity index (χ2v) is 5.95. The second-order valence-electron chi connectivity index (χ2n) is 5.95. The Morgan fingerprint density at radius 3 is 2.56 bits per heavy atom. The summed E-state index contributed by atoms with van der Waals surface area (Å²) >= 11 is 0. The average Bonchev–Trinajstić information content (AvgIpc) is 2.62. The maximum atomic E-state index is 12.5. The minimum atomic E-state index is -0.578. The maximum absolute atomic E-state index is 12.5. The van der Waals surface area contributed by atoms with Crippen LogP contribution in [0.3, 0.4) is 0 Å². The molecule has 0 spiro atoms. The molecule has 0 saturated carbocycles. The lowest BCUT2D eigenvalue weighted by molar-refractivity contribution is -0.385.